The number of rotatable bonds is 1. The van der Waals surface area contributed by atoms with Crippen LogP contribution in [-0.4, -0.2) is 29.9 Å². The number of hydrogen-bond acceptors (Lipinski definition) is 2. The van der Waals surface area contributed by atoms with Crippen LogP contribution in [0, 0.1) is 5.41 Å². The van der Waals surface area contributed by atoms with Crippen LogP contribution >= 0.6 is 0 Å². The van der Waals surface area contributed by atoms with Gasteiger partial charge in [-0.15, -0.1) is 0 Å². The molecular weight excluding hydrogens is 248 g/mol. The van der Waals surface area contributed by atoms with Gasteiger partial charge in [0, 0.05) is 13.1 Å². The molecule has 2 aliphatic heterocycles. The van der Waals surface area contributed by atoms with Gasteiger partial charge in [-0.2, -0.15) is 0 Å². The van der Waals surface area contributed by atoms with E-state index in [-0.39, 0.29) is 17.4 Å². The summed E-state index contributed by atoms with van der Waals surface area (Å²) in [7, 11) is 0. The Kier molecular flexibility index (Phi) is 3.55. The molecule has 1 unspecified atom stereocenters. The van der Waals surface area contributed by atoms with Crippen molar-refractivity contribution in [3.8, 4) is 0 Å². The molecule has 0 bridgehead atoms. The standard InChI is InChI=1S/C17H24N2O/c1-17(2)9-5-10-18-15(17)16(20)19-11-8-13-6-3-4-7-14(13)12-19/h3-4,6-7,15,18H,5,8-12H2,1-2H3. The van der Waals surface area contributed by atoms with Gasteiger partial charge < -0.3 is 10.2 Å². The first-order valence-electron chi connectivity index (χ1n) is 7.67. The van der Waals surface area contributed by atoms with Crippen molar-refractivity contribution in [2.24, 2.45) is 5.41 Å². The Bertz CT molecular complexity index is 509. The van der Waals surface area contributed by atoms with Gasteiger partial charge in [0.05, 0.1) is 6.04 Å². The Hall–Kier alpha value is -1.35. The van der Waals surface area contributed by atoms with E-state index in [0.717, 1.165) is 32.5 Å². The summed E-state index contributed by atoms with van der Waals surface area (Å²) in [5.74, 6) is 0.282. The second-order valence-electron chi connectivity index (χ2n) is 6.76. The lowest BCUT2D eigenvalue weighted by Crippen LogP contribution is -2.57. The monoisotopic (exact) mass is 272 g/mol. The highest BCUT2D eigenvalue weighted by atomic mass is 16.2. The zero-order valence-electron chi connectivity index (χ0n) is 12.5. The molecule has 1 N–H and O–H groups in total. The third-order valence-corrected chi connectivity index (χ3v) is 4.82. The quantitative estimate of drug-likeness (QED) is 0.851. The van der Waals surface area contributed by atoms with E-state index < -0.39 is 0 Å². The van der Waals surface area contributed by atoms with Gasteiger partial charge in [0.1, 0.15) is 0 Å². The number of nitrogens with zero attached hydrogens (tertiary/aromatic N) is 1. The van der Waals surface area contributed by atoms with Gasteiger partial charge in [-0.1, -0.05) is 38.1 Å². The van der Waals surface area contributed by atoms with E-state index in [1.54, 1.807) is 0 Å². The molecule has 0 aliphatic carbocycles. The first-order chi connectivity index (χ1) is 9.58. The number of benzene rings is 1. The van der Waals surface area contributed by atoms with E-state index in [0.29, 0.717) is 0 Å². The smallest absolute Gasteiger partial charge is 0.240 e. The summed E-state index contributed by atoms with van der Waals surface area (Å²) in [5, 5.41) is 3.44. The molecule has 1 amide bonds. The molecule has 0 radical (unpaired) electrons. The molecule has 0 spiro atoms. The summed E-state index contributed by atoms with van der Waals surface area (Å²) >= 11 is 0. The average molecular weight is 272 g/mol. The van der Waals surface area contributed by atoms with Crippen LogP contribution in [0.5, 0.6) is 0 Å². The Morgan fingerprint density at radius 3 is 2.80 bits per heavy atom. The van der Waals surface area contributed by atoms with Crippen LogP contribution < -0.4 is 5.32 Å². The number of carbonyl (C=O) groups excluding carboxylic acids is 1. The predicted molar refractivity (Wildman–Crippen MR) is 80.4 cm³/mol. The van der Waals surface area contributed by atoms with Crippen LogP contribution in [0.4, 0.5) is 0 Å². The summed E-state index contributed by atoms with van der Waals surface area (Å²) in [6.07, 6.45) is 3.27. The molecular formula is C17H24N2O. The predicted octanol–water partition coefficient (Wildman–Crippen LogP) is 2.35. The van der Waals surface area contributed by atoms with E-state index >= 15 is 0 Å². The van der Waals surface area contributed by atoms with Crippen LogP contribution in [0.25, 0.3) is 0 Å². The molecule has 3 rings (SSSR count). The fourth-order valence-electron chi connectivity index (χ4n) is 3.50. The lowest BCUT2D eigenvalue weighted by atomic mass is 9.77. The maximum Gasteiger partial charge on any atom is 0.240 e. The SMILES string of the molecule is CC1(C)CCCNC1C(=O)N1CCc2ccccc2C1. The van der Waals surface area contributed by atoms with Crippen molar-refractivity contribution in [3.05, 3.63) is 35.4 Å². The average Bonchev–Trinajstić information content (AvgIpc) is 2.45. The minimum absolute atomic E-state index is 0.0264. The van der Waals surface area contributed by atoms with Crippen molar-refractivity contribution in [2.75, 3.05) is 13.1 Å². The second kappa shape index (κ2) is 5.21. The summed E-state index contributed by atoms with van der Waals surface area (Å²) in [5.41, 5.74) is 2.76. The van der Waals surface area contributed by atoms with E-state index in [4.69, 9.17) is 0 Å². The summed E-state index contributed by atoms with van der Waals surface area (Å²) < 4.78 is 0. The van der Waals surface area contributed by atoms with Crippen LogP contribution in [0.2, 0.25) is 0 Å². The van der Waals surface area contributed by atoms with E-state index in [9.17, 15) is 4.79 Å². The van der Waals surface area contributed by atoms with Crippen LogP contribution in [0.1, 0.15) is 37.8 Å². The van der Waals surface area contributed by atoms with Gasteiger partial charge in [0.25, 0.3) is 0 Å². The van der Waals surface area contributed by atoms with Crippen LogP contribution in [-0.2, 0) is 17.8 Å². The number of fused-ring (bicyclic) bond motifs is 1. The number of hydrogen-bond donors (Lipinski definition) is 1. The fourth-order valence-corrected chi connectivity index (χ4v) is 3.50. The second-order valence-corrected chi connectivity index (χ2v) is 6.76. The Morgan fingerprint density at radius 2 is 2.05 bits per heavy atom. The molecule has 1 saturated heterocycles. The fraction of sp³-hybridized carbons (Fsp3) is 0.588. The van der Waals surface area contributed by atoms with Gasteiger partial charge in [0.2, 0.25) is 5.91 Å². The highest BCUT2D eigenvalue weighted by Gasteiger charge is 2.39. The van der Waals surface area contributed by atoms with Gasteiger partial charge in [-0.3, -0.25) is 4.79 Å². The van der Waals surface area contributed by atoms with Crippen molar-refractivity contribution < 1.29 is 4.79 Å². The largest absolute Gasteiger partial charge is 0.337 e. The van der Waals surface area contributed by atoms with Gasteiger partial charge in [0.15, 0.2) is 0 Å². The maximum atomic E-state index is 12.8. The Morgan fingerprint density at radius 1 is 1.30 bits per heavy atom. The molecule has 108 valence electrons. The zero-order valence-corrected chi connectivity index (χ0v) is 12.5. The minimum Gasteiger partial charge on any atom is -0.337 e. The zero-order chi connectivity index (χ0) is 14.2. The molecule has 1 aromatic rings. The topological polar surface area (TPSA) is 32.3 Å². The lowest BCUT2D eigenvalue weighted by Gasteiger charge is -2.41. The minimum atomic E-state index is -0.0264. The van der Waals surface area contributed by atoms with Crippen molar-refractivity contribution in [3.63, 3.8) is 0 Å². The molecule has 2 aliphatic rings. The molecule has 0 aromatic heterocycles. The molecule has 1 fully saturated rings. The van der Waals surface area contributed by atoms with Crippen LogP contribution in [0.15, 0.2) is 24.3 Å². The number of nitrogens with one attached hydrogen (secondary N) is 1. The normalized spacial score (nSPS) is 25.1. The van der Waals surface area contributed by atoms with Crippen molar-refractivity contribution in [2.45, 2.75) is 45.7 Å². The van der Waals surface area contributed by atoms with E-state index in [1.807, 2.05) is 4.90 Å². The first-order valence-corrected chi connectivity index (χ1v) is 7.67. The molecule has 3 nitrogen and oxygen atoms in total. The summed E-state index contributed by atoms with van der Waals surface area (Å²) in [6, 6.07) is 8.45. The maximum absolute atomic E-state index is 12.8. The molecule has 20 heavy (non-hydrogen) atoms. The van der Waals surface area contributed by atoms with Gasteiger partial charge >= 0.3 is 0 Å². The first kappa shape index (κ1) is 13.6. The highest BCUT2D eigenvalue weighted by Crippen LogP contribution is 2.32. The molecule has 0 saturated carbocycles. The third kappa shape index (κ3) is 2.47. The molecule has 3 heteroatoms. The third-order valence-electron chi connectivity index (χ3n) is 4.82. The Balaban J connectivity index is 1.76. The molecule has 1 atom stereocenters. The number of carbonyl (C=O) groups is 1. The number of amides is 1. The van der Waals surface area contributed by atoms with E-state index in [1.165, 1.54) is 17.5 Å². The van der Waals surface area contributed by atoms with Crippen LogP contribution in [0.3, 0.4) is 0 Å². The summed E-state index contributed by atoms with van der Waals surface area (Å²) in [6.45, 7) is 7.00. The van der Waals surface area contributed by atoms with Crippen molar-refractivity contribution >= 4 is 5.91 Å². The Labute approximate surface area is 121 Å². The lowest BCUT2D eigenvalue weighted by molar-refractivity contribution is -0.138. The van der Waals surface area contributed by atoms with Crippen molar-refractivity contribution in [1.82, 2.24) is 10.2 Å². The van der Waals surface area contributed by atoms with E-state index in [2.05, 4.69) is 43.4 Å². The molecule has 2 heterocycles. The van der Waals surface area contributed by atoms with Gasteiger partial charge in [-0.05, 0) is 42.3 Å². The molecule has 1 aromatic carbocycles. The van der Waals surface area contributed by atoms with Gasteiger partial charge in [-0.25, -0.2) is 0 Å². The summed E-state index contributed by atoms with van der Waals surface area (Å²) in [4.78, 5) is 14.9. The number of piperidine rings is 1. The van der Waals surface area contributed by atoms with Crippen molar-refractivity contribution in [1.29, 1.82) is 0 Å². The highest BCUT2D eigenvalue weighted by molar-refractivity contribution is 5.83.